The fourth-order valence-corrected chi connectivity index (χ4v) is 1.79. The van der Waals surface area contributed by atoms with E-state index in [1.54, 1.807) is 30.6 Å². The molecule has 0 unspecified atom stereocenters. The summed E-state index contributed by atoms with van der Waals surface area (Å²) in [7, 11) is 0. The maximum Gasteiger partial charge on any atom is 0.339 e. The number of rotatable bonds is 6. The van der Waals surface area contributed by atoms with Crippen molar-refractivity contribution in [2.24, 2.45) is 0 Å². The fraction of sp³-hybridized carbons (Fsp3) is 0.200. The molecule has 0 amide bonds. The van der Waals surface area contributed by atoms with Gasteiger partial charge in [0.15, 0.2) is 5.43 Å². The Morgan fingerprint density at radius 1 is 1.15 bits per heavy atom. The van der Waals surface area contributed by atoms with Crippen LogP contribution in [0.4, 0.5) is 0 Å². The van der Waals surface area contributed by atoms with Crippen LogP contribution in [0.1, 0.15) is 16.8 Å². The van der Waals surface area contributed by atoms with E-state index in [0.29, 0.717) is 18.9 Å². The van der Waals surface area contributed by atoms with E-state index < -0.39 is 5.97 Å². The quantitative estimate of drug-likeness (QED) is 0.817. The highest BCUT2D eigenvalue weighted by molar-refractivity contribution is 5.90. The molecule has 5 nitrogen and oxygen atoms in total. The Balaban J connectivity index is 1.86. The second-order valence-electron chi connectivity index (χ2n) is 4.27. The number of carbonyl (C=O) groups is 1. The molecule has 2 aromatic rings. The summed E-state index contributed by atoms with van der Waals surface area (Å²) in [5, 5.41) is 9.01. The molecule has 0 atom stereocenters. The molecule has 0 radical (unpaired) electrons. The van der Waals surface area contributed by atoms with Crippen molar-refractivity contribution in [1.82, 2.24) is 4.57 Å². The lowest BCUT2D eigenvalue weighted by molar-refractivity contribution is 0.0692. The van der Waals surface area contributed by atoms with Gasteiger partial charge in [-0.15, -0.1) is 0 Å². The standard InChI is InChI=1S/C15H15NO4/c17-12-6-9-16(10-7-12)8-3-11-20-14-5-2-1-4-13(14)15(18)19/h1-2,4-7,9-10H,3,8,11H2,(H,18,19). The molecule has 0 aliphatic carbocycles. The molecule has 0 aliphatic rings. The molecule has 1 aromatic heterocycles. The van der Waals surface area contributed by atoms with Crippen molar-refractivity contribution < 1.29 is 14.6 Å². The predicted octanol–water partition coefficient (Wildman–Crippen LogP) is 2.02. The zero-order valence-electron chi connectivity index (χ0n) is 10.9. The lowest BCUT2D eigenvalue weighted by Gasteiger charge is -2.09. The molecule has 0 bridgehead atoms. The number of hydrogen-bond acceptors (Lipinski definition) is 3. The topological polar surface area (TPSA) is 68.5 Å². The van der Waals surface area contributed by atoms with E-state index >= 15 is 0 Å². The van der Waals surface area contributed by atoms with Gasteiger partial charge in [0.2, 0.25) is 0 Å². The molecule has 0 saturated carbocycles. The molecule has 0 saturated heterocycles. The molecule has 1 aromatic carbocycles. The minimum absolute atomic E-state index is 0.0205. The van der Waals surface area contributed by atoms with Crippen molar-refractivity contribution in [3.05, 3.63) is 64.6 Å². The SMILES string of the molecule is O=C(O)c1ccccc1OCCCn1ccc(=O)cc1. The van der Waals surface area contributed by atoms with Gasteiger partial charge in [0, 0.05) is 31.1 Å². The van der Waals surface area contributed by atoms with Crippen LogP contribution in [0.2, 0.25) is 0 Å². The predicted molar refractivity (Wildman–Crippen MR) is 74.2 cm³/mol. The molecule has 0 spiro atoms. The number of carboxylic acids is 1. The van der Waals surface area contributed by atoms with Crippen LogP contribution in [0.15, 0.2) is 53.6 Å². The van der Waals surface area contributed by atoms with Gasteiger partial charge in [-0.05, 0) is 18.6 Å². The van der Waals surface area contributed by atoms with E-state index in [4.69, 9.17) is 9.84 Å². The van der Waals surface area contributed by atoms with Gasteiger partial charge in [-0.2, -0.15) is 0 Å². The summed E-state index contributed by atoms with van der Waals surface area (Å²) >= 11 is 0. The summed E-state index contributed by atoms with van der Waals surface area (Å²) in [4.78, 5) is 21.9. The normalized spacial score (nSPS) is 10.2. The summed E-state index contributed by atoms with van der Waals surface area (Å²) in [6.07, 6.45) is 4.15. The zero-order chi connectivity index (χ0) is 14.4. The van der Waals surface area contributed by atoms with Gasteiger partial charge in [0.25, 0.3) is 0 Å². The Kier molecular flexibility index (Phi) is 4.55. The van der Waals surface area contributed by atoms with Gasteiger partial charge in [-0.3, -0.25) is 4.79 Å². The van der Waals surface area contributed by atoms with E-state index in [0.717, 1.165) is 6.42 Å². The van der Waals surface area contributed by atoms with Gasteiger partial charge in [0.05, 0.1) is 6.61 Å². The van der Waals surface area contributed by atoms with Gasteiger partial charge in [0.1, 0.15) is 11.3 Å². The molecule has 1 heterocycles. The number of aromatic nitrogens is 1. The lowest BCUT2D eigenvalue weighted by atomic mass is 10.2. The van der Waals surface area contributed by atoms with E-state index in [-0.39, 0.29) is 11.0 Å². The molecule has 5 heteroatoms. The van der Waals surface area contributed by atoms with Crippen LogP contribution >= 0.6 is 0 Å². The molecular weight excluding hydrogens is 258 g/mol. The Bertz CT molecular complexity index is 628. The first-order valence-electron chi connectivity index (χ1n) is 6.28. The highest BCUT2D eigenvalue weighted by Crippen LogP contribution is 2.17. The Hall–Kier alpha value is -2.56. The van der Waals surface area contributed by atoms with Crippen LogP contribution in [0.25, 0.3) is 0 Å². The number of benzene rings is 1. The van der Waals surface area contributed by atoms with Crippen LogP contribution in [0.5, 0.6) is 5.75 Å². The lowest BCUT2D eigenvalue weighted by Crippen LogP contribution is -2.08. The largest absolute Gasteiger partial charge is 0.493 e. The Morgan fingerprint density at radius 3 is 2.55 bits per heavy atom. The summed E-state index contributed by atoms with van der Waals surface area (Å²) in [6, 6.07) is 9.56. The summed E-state index contributed by atoms with van der Waals surface area (Å²) in [5.41, 5.74) is 0.142. The second kappa shape index (κ2) is 6.56. The molecule has 20 heavy (non-hydrogen) atoms. The van der Waals surface area contributed by atoms with Crippen molar-refractivity contribution >= 4 is 5.97 Å². The van der Waals surface area contributed by atoms with Crippen molar-refractivity contribution in [2.45, 2.75) is 13.0 Å². The van der Waals surface area contributed by atoms with Crippen LogP contribution in [0.3, 0.4) is 0 Å². The number of hydrogen-bond donors (Lipinski definition) is 1. The number of aromatic carboxylic acids is 1. The number of ether oxygens (including phenoxy) is 1. The monoisotopic (exact) mass is 273 g/mol. The number of carboxylic acid groups (broad SMARTS) is 1. The summed E-state index contributed by atoms with van der Waals surface area (Å²) in [5.74, 6) is -0.624. The van der Waals surface area contributed by atoms with Crippen LogP contribution in [-0.4, -0.2) is 22.2 Å². The number of nitrogens with zero attached hydrogens (tertiary/aromatic N) is 1. The van der Waals surface area contributed by atoms with Crippen LogP contribution < -0.4 is 10.2 Å². The number of para-hydroxylation sites is 1. The molecular formula is C15H15NO4. The average Bonchev–Trinajstić information content (AvgIpc) is 2.46. The van der Waals surface area contributed by atoms with Crippen molar-refractivity contribution in [1.29, 1.82) is 0 Å². The minimum Gasteiger partial charge on any atom is -0.493 e. The van der Waals surface area contributed by atoms with Gasteiger partial charge < -0.3 is 14.4 Å². The van der Waals surface area contributed by atoms with Gasteiger partial charge >= 0.3 is 5.97 Å². The molecule has 0 aliphatic heterocycles. The first-order valence-corrected chi connectivity index (χ1v) is 6.28. The third kappa shape index (κ3) is 3.71. The van der Waals surface area contributed by atoms with Crippen molar-refractivity contribution in [2.75, 3.05) is 6.61 Å². The highest BCUT2D eigenvalue weighted by Gasteiger charge is 2.09. The van der Waals surface area contributed by atoms with Crippen molar-refractivity contribution in [3.63, 3.8) is 0 Å². The smallest absolute Gasteiger partial charge is 0.339 e. The number of aryl methyl sites for hydroxylation is 1. The summed E-state index contributed by atoms with van der Waals surface area (Å²) in [6.45, 7) is 1.12. The third-order valence-electron chi connectivity index (χ3n) is 2.80. The zero-order valence-corrected chi connectivity index (χ0v) is 10.9. The molecule has 0 fully saturated rings. The van der Waals surface area contributed by atoms with E-state index in [1.165, 1.54) is 18.2 Å². The van der Waals surface area contributed by atoms with Gasteiger partial charge in [-0.25, -0.2) is 4.79 Å². The Labute approximate surface area is 116 Å². The van der Waals surface area contributed by atoms with E-state index in [9.17, 15) is 9.59 Å². The number of pyridine rings is 1. The molecule has 1 N–H and O–H groups in total. The fourth-order valence-electron chi connectivity index (χ4n) is 1.79. The third-order valence-corrected chi connectivity index (χ3v) is 2.80. The first-order chi connectivity index (χ1) is 9.66. The maximum atomic E-state index is 11.0. The van der Waals surface area contributed by atoms with E-state index in [2.05, 4.69) is 0 Å². The Morgan fingerprint density at radius 2 is 1.85 bits per heavy atom. The van der Waals surface area contributed by atoms with Crippen LogP contribution in [0, 0.1) is 0 Å². The molecule has 104 valence electrons. The van der Waals surface area contributed by atoms with Crippen molar-refractivity contribution in [3.8, 4) is 5.75 Å². The van der Waals surface area contributed by atoms with Gasteiger partial charge in [-0.1, -0.05) is 12.1 Å². The summed E-state index contributed by atoms with van der Waals surface area (Å²) < 4.78 is 7.37. The van der Waals surface area contributed by atoms with E-state index in [1.807, 2.05) is 4.57 Å². The van der Waals surface area contributed by atoms with Crippen LogP contribution in [-0.2, 0) is 6.54 Å². The second-order valence-corrected chi connectivity index (χ2v) is 4.27. The minimum atomic E-state index is -0.999. The highest BCUT2D eigenvalue weighted by atomic mass is 16.5. The average molecular weight is 273 g/mol. The first kappa shape index (κ1) is 13.9. The maximum absolute atomic E-state index is 11.0. The molecule has 2 rings (SSSR count).